The van der Waals surface area contributed by atoms with Crippen LogP contribution in [0, 0.1) is 0 Å². The minimum absolute atomic E-state index is 0.137. The number of nitrogens with zero attached hydrogens (tertiary/aromatic N) is 2. The summed E-state index contributed by atoms with van der Waals surface area (Å²) in [6.07, 6.45) is -1.48. The summed E-state index contributed by atoms with van der Waals surface area (Å²) in [6.45, 7) is -0.384. The monoisotopic (exact) mass is 262 g/mol. The predicted molar refractivity (Wildman–Crippen MR) is 57.9 cm³/mol. The molecular formula is C10H13F3N4O. The topological polar surface area (TPSA) is 59.0 Å². The predicted octanol–water partition coefficient (Wildman–Crippen LogP) is 1.14. The van der Waals surface area contributed by atoms with E-state index in [1.54, 1.807) is 0 Å². The number of halogens is 3. The average molecular weight is 262 g/mol. The van der Waals surface area contributed by atoms with Crippen molar-refractivity contribution in [1.29, 1.82) is 0 Å². The fraction of sp³-hybridized carbons (Fsp3) is 0.600. The second kappa shape index (κ2) is 4.97. The summed E-state index contributed by atoms with van der Waals surface area (Å²) in [7, 11) is 0. The highest BCUT2D eigenvalue weighted by molar-refractivity contribution is 5.94. The maximum absolute atomic E-state index is 12.1. The number of amides is 1. The van der Waals surface area contributed by atoms with E-state index in [4.69, 9.17) is 0 Å². The number of aromatic nitrogens is 2. The number of anilines is 1. The van der Waals surface area contributed by atoms with Gasteiger partial charge in [-0.3, -0.25) is 9.48 Å². The number of nitrogens with one attached hydrogen (secondary N) is 2. The fourth-order valence-electron chi connectivity index (χ4n) is 1.82. The van der Waals surface area contributed by atoms with Crippen molar-refractivity contribution < 1.29 is 18.0 Å². The first kappa shape index (κ1) is 12.9. The van der Waals surface area contributed by atoms with Crippen molar-refractivity contribution in [2.45, 2.75) is 31.6 Å². The van der Waals surface area contributed by atoms with Crippen LogP contribution in [0.5, 0.6) is 0 Å². The Kier molecular flexibility index (Phi) is 3.55. The number of rotatable bonds is 3. The molecule has 2 heterocycles. The van der Waals surface area contributed by atoms with Crippen LogP contribution in [0.3, 0.4) is 0 Å². The van der Waals surface area contributed by atoms with Crippen molar-refractivity contribution >= 4 is 11.7 Å². The van der Waals surface area contributed by atoms with Crippen LogP contribution < -0.4 is 10.6 Å². The van der Waals surface area contributed by atoms with Crippen LogP contribution in [0.4, 0.5) is 19.0 Å². The van der Waals surface area contributed by atoms with Crippen LogP contribution in [0.15, 0.2) is 12.3 Å². The second-order valence-corrected chi connectivity index (χ2v) is 4.15. The zero-order chi connectivity index (χ0) is 13.2. The first-order chi connectivity index (χ1) is 8.44. The minimum Gasteiger partial charge on any atom is -0.308 e. The Morgan fingerprint density at radius 1 is 1.61 bits per heavy atom. The van der Waals surface area contributed by atoms with Gasteiger partial charge in [0.15, 0.2) is 5.82 Å². The molecule has 0 aliphatic carbocycles. The lowest BCUT2D eigenvalue weighted by atomic mass is 10.2. The molecule has 0 aromatic carbocycles. The van der Waals surface area contributed by atoms with Gasteiger partial charge in [0.05, 0.1) is 6.04 Å². The highest BCUT2D eigenvalue weighted by Crippen LogP contribution is 2.17. The highest BCUT2D eigenvalue weighted by Gasteiger charge is 2.28. The van der Waals surface area contributed by atoms with Crippen molar-refractivity contribution in [2.24, 2.45) is 0 Å². The summed E-state index contributed by atoms with van der Waals surface area (Å²) in [5, 5.41) is 9.13. The quantitative estimate of drug-likeness (QED) is 0.858. The standard InChI is InChI=1S/C10H13F3N4O/c11-10(12,13)6-17-5-3-8(16-17)15-9(18)7-2-1-4-14-7/h3,5,7,14H,1-2,4,6H2,(H,15,16,18). The molecule has 1 unspecified atom stereocenters. The number of hydrogen-bond acceptors (Lipinski definition) is 3. The molecule has 8 heteroatoms. The van der Waals surface area contributed by atoms with E-state index in [0.717, 1.165) is 24.1 Å². The number of alkyl halides is 3. The maximum Gasteiger partial charge on any atom is 0.408 e. The Hall–Kier alpha value is -1.57. The molecular weight excluding hydrogens is 249 g/mol. The zero-order valence-electron chi connectivity index (χ0n) is 9.50. The average Bonchev–Trinajstić information content (AvgIpc) is 2.86. The maximum atomic E-state index is 12.1. The SMILES string of the molecule is O=C(Nc1ccn(CC(F)(F)F)n1)C1CCCN1. The van der Waals surface area contributed by atoms with Crippen molar-refractivity contribution in [3.05, 3.63) is 12.3 Å². The van der Waals surface area contributed by atoms with Gasteiger partial charge in [-0.2, -0.15) is 18.3 Å². The normalized spacial score (nSPS) is 20.1. The third-order valence-electron chi connectivity index (χ3n) is 2.61. The number of carbonyl (C=O) groups excluding carboxylic acids is 1. The molecule has 18 heavy (non-hydrogen) atoms. The minimum atomic E-state index is -4.32. The van der Waals surface area contributed by atoms with E-state index in [-0.39, 0.29) is 17.8 Å². The largest absolute Gasteiger partial charge is 0.408 e. The van der Waals surface area contributed by atoms with Crippen LogP contribution in [0.25, 0.3) is 0 Å². The molecule has 1 aliphatic heterocycles. The lowest BCUT2D eigenvalue weighted by molar-refractivity contribution is -0.142. The molecule has 1 saturated heterocycles. The van der Waals surface area contributed by atoms with E-state index in [1.807, 2.05) is 0 Å². The molecule has 1 fully saturated rings. The summed E-state index contributed by atoms with van der Waals surface area (Å²) < 4.78 is 37.0. The summed E-state index contributed by atoms with van der Waals surface area (Å²) in [6, 6.07) is 1.07. The molecule has 1 amide bonds. The van der Waals surface area contributed by atoms with Crippen LogP contribution in [0.1, 0.15) is 12.8 Å². The van der Waals surface area contributed by atoms with Crippen LogP contribution >= 0.6 is 0 Å². The molecule has 1 atom stereocenters. The molecule has 1 aromatic rings. The zero-order valence-corrected chi connectivity index (χ0v) is 9.50. The third kappa shape index (κ3) is 3.46. The number of carbonyl (C=O) groups is 1. The van der Waals surface area contributed by atoms with Crippen LogP contribution in [-0.2, 0) is 11.3 Å². The molecule has 0 bridgehead atoms. The molecule has 2 rings (SSSR count). The van der Waals surface area contributed by atoms with Gasteiger partial charge in [-0.25, -0.2) is 0 Å². The van der Waals surface area contributed by atoms with Gasteiger partial charge in [-0.05, 0) is 19.4 Å². The van der Waals surface area contributed by atoms with Gasteiger partial charge >= 0.3 is 6.18 Å². The molecule has 1 aliphatic rings. The van der Waals surface area contributed by atoms with E-state index in [9.17, 15) is 18.0 Å². The highest BCUT2D eigenvalue weighted by atomic mass is 19.4. The summed E-state index contributed by atoms with van der Waals surface area (Å²) >= 11 is 0. The Morgan fingerprint density at radius 3 is 3.00 bits per heavy atom. The molecule has 100 valence electrons. The Balaban J connectivity index is 1.92. The summed E-state index contributed by atoms with van der Waals surface area (Å²) in [4.78, 5) is 11.7. The van der Waals surface area contributed by atoms with Gasteiger partial charge in [0.25, 0.3) is 0 Å². The van der Waals surface area contributed by atoms with E-state index in [0.29, 0.717) is 0 Å². The van der Waals surface area contributed by atoms with E-state index >= 15 is 0 Å². The van der Waals surface area contributed by atoms with E-state index in [2.05, 4.69) is 15.7 Å². The van der Waals surface area contributed by atoms with Gasteiger partial charge in [-0.1, -0.05) is 0 Å². The van der Waals surface area contributed by atoms with E-state index < -0.39 is 12.7 Å². The van der Waals surface area contributed by atoms with Gasteiger partial charge < -0.3 is 10.6 Å². The lowest BCUT2D eigenvalue weighted by Gasteiger charge is -2.09. The second-order valence-electron chi connectivity index (χ2n) is 4.15. The van der Waals surface area contributed by atoms with Gasteiger partial charge in [0, 0.05) is 12.3 Å². The van der Waals surface area contributed by atoms with Crippen molar-refractivity contribution in [2.75, 3.05) is 11.9 Å². The molecule has 0 spiro atoms. The smallest absolute Gasteiger partial charge is 0.308 e. The van der Waals surface area contributed by atoms with Crippen molar-refractivity contribution in [1.82, 2.24) is 15.1 Å². The van der Waals surface area contributed by atoms with E-state index in [1.165, 1.54) is 12.3 Å². The summed E-state index contributed by atoms with van der Waals surface area (Å²) in [5.74, 6) is -0.122. The number of hydrogen-bond donors (Lipinski definition) is 2. The molecule has 5 nitrogen and oxygen atoms in total. The molecule has 1 aromatic heterocycles. The Bertz CT molecular complexity index is 423. The lowest BCUT2D eigenvalue weighted by Crippen LogP contribution is -2.35. The first-order valence-corrected chi connectivity index (χ1v) is 5.58. The fourth-order valence-corrected chi connectivity index (χ4v) is 1.82. The van der Waals surface area contributed by atoms with Crippen LogP contribution in [-0.4, -0.2) is 34.5 Å². The molecule has 0 radical (unpaired) electrons. The van der Waals surface area contributed by atoms with Gasteiger partial charge in [-0.15, -0.1) is 0 Å². The Morgan fingerprint density at radius 2 is 2.39 bits per heavy atom. The Labute approximate surface area is 101 Å². The molecule has 0 saturated carbocycles. The van der Waals surface area contributed by atoms with Gasteiger partial charge in [0.1, 0.15) is 6.54 Å². The summed E-state index contributed by atoms with van der Waals surface area (Å²) in [5.41, 5.74) is 0. The van der Waals surface area contributed by atoms with Crippen molar-refractivity contribution in [3.63, 3.8) is 0 Å². The van der Waals surface area contributed by atoms with Crippen molar-refractivity contribution in [3.8, 4) is 0 Å². The van der Waals surface area contributed by atoms with Crippen LogP contribution in [0.2, 0.25) is 0 Å². The molecule has 2 N–H and O–H groups in total. The third-order valence-corrected chi connectivity index (χ3v) is 2.61. The first-order valence-electron chi connectivity index (χ1n) is 5.58. The van der Waals surface area contributed by atoms with Gasteiger partial charge in [0.2, 0.25) is 5.91 Å².